The van der Waals surface area contributed by atoms with Crippen LogP contribution in [0.1, 0.15) is 39.2 Å². The van der Waals surface area contributed by atoms with Crippen LogP contribution in [-0.4, -0.2) is 22.7 Å². The molecular weight excluding hydrogens is 410 g/mol. The molecule has 0 radical (unpaired) electrons. The molecular formula is C24H21N3O3S. The lowest BCUT2D eigenvalue weighted by molar-refractivity contribution is -0.132. The van der Waals surface area contributed by atoms with E-state index in [1.165, 1.54) is 9.78 Å². The van der Waals surface area contributed by atoms with E-state index in [4.69, 9.17) is 0 Å². The van der Waals surface area contributed by atoms with Gasteiger partial charge in [-0.15, -0.1) is 11.3 Å². The molecule has 1 spiro atoms. The molecule has 31 heavy (non-hydrogen) atoms. The van der Waals surface area contributed by atoms with Crippen molar-refractivity contribution in [3.8, 4) is 0 Å². The predicted octanol–water partition coefficient (Wildman–Crippen LogP) is 4.28. The Morgan fingerprint density at radius 2 is 1.84 bits per heavy atom. The topological polar surface area (TPSA) is 78.5 Å². The largest absolute Gasteiger partial charge is 0.325 e. The molecule has 0 saturated carbocycles. The zero-order valence-corrected chi connectivity index (χ0v) is 17.6. The Bertz CT molecular complexity index is 1160. The molecule has 1 aliphatic carbocycles. The number of amides is 4. The van der Waals surface area contributed by atoms with Crippen LogP contribution in [0.3, 0.4) is 0 Å². The average Bonchev–Trinajstić information content (AvgIpc) is 3.36. The molecule has 2 aromatic carbocycles. The van der Waals surface area contributed by atoms with Crippen LogP contribution in [0.4, 0.5) is 10.5 Å². The van der Waals surface area contributed by atoms with Gasteiger partial charge in [-0.2, -0.15) is 0 Å². The first-order valence-electron chi connectivity index (χ1n) is 10.2. The molecule has 7 heteroatoms. The summed E-state index contributed by atoms with van der Waals surface area (Å²) in [5.41, 5.74) is 2.04. The Kier molecular flexibility index (Phi) is 4.82. The summed E-state index contributed by atoms with van der Waals surface area (Å²) in [6.07, 6.45) is 2.44. The van der Waals surface area contributed by atoms with Crippen molar-refractivity contribution in [2.24, 2.45) is 0 Å². The summed E-state index contributed by atoms with van der Waals surface area (Å²) in [6, 6.07) is 17.8. The number of hydrogen-bond acceptors (Lipinski definition) is 4. The van der Waals surface area contributed by atoms with Crippen LogP contribution in [0.25, 0.3) is 0 Å². The molecule has 2 N–H and O–H groups in total. The van der Waals surface area contributed by atoms with Gasteiger partial charge in [0.1, 0.15) is 5.54 Å². The Morgan fingerprint density at radius 3 is 2.61 bits per heavy atom. The molecule has 5 rings (SSSR count). The van der Waals surface area contributed by atoms with Crippen molar-refractivity contribution < 1.29 is 14.4 Å². The number of imide groups is 1. The number of urea groups is 1. The van der Waals surface area contributed by atoms with Crippen LogP contribution in [0.2, 0.25) is 0 Å². The second-order valence-electron chi connectivity index (χ2n) is 7.85. The molecule has 3 aromatic rings. The number of nitrogens with zero attached hydrogens (tertiary/aromatic N) is 1. The monoisotopic (exact) mass is 431 g/mol. The highest BCUT2D eigenvalue weighted by molar-refractivity contribution is 7.10. The van der Waals surface area contributed by atoms with Crippen molar-refractivity contribution in [2.75, 3.05) is 5.32 Å². The lowest BCUT2D eigenvalue weighted by atomic mass is 9.80. The van der Waals surface area contributed by atoms with Gasteiger partial charge in [-0.1, -0.05) is 30.3 Å². The fraction of sp³-hybridized carbons (Fsp3) is 0.208. The molecule has 1 aliphatic heterocycles. The average molecular weight is 432 g/mol. The van der Waals surface area contributed by atoms with E-state index in [1.54, 1.807) is 35.6 Å². The maximum absolute atomic E-state index is 13.3. The van der Waals surface area contributed by atoms with Gasteiger partial charge < -0.3 is 10.6 Å². The van der Waals surface area contributed by atoms with Gasteiger partial charge in [0, 0.05) is 21.7 Å². The predicted molar refractivity (Wildman–Crippen MR) is 119 cm³/mol. The maximum Gasteiger partial charge on any atom is 0.325 e. The summed E-state index contributed by atoms with van der Waals surface area (Å²) < 4.78 is 0. The van der Waals surface area contributed by atoms with Crippen molar-refractivity contribution in [3.63, 3.8) is 0 Å². The Hall–Kier alpha value is -3.45. The third-order valence-electron chi connectivity index (χ3n) is 5.93. The van der Waals surface area contributed by atoms with E-state index in [9.17, 15) is 14.4 Å². The number of benzene rings is 2. The molecule has 1 atom stereocenters. The van der Waals surface area contributed by atoms with Crippen LogP contribution in [-0.2, 0) is 23.3 Å². The number of fused-ring (bicyclic) bond motifs is 2. The molecule has 0 bridgehead atoms. The van der Waals surface area contributed by atoms with Crippen LogP contribution >= 0.6 is 11.3 Å². The minimum atomic E-state index is -0.930. The zero-order valence-electron chi connectivity index (χ0n) is 16.8. The summed E-state index contributed by atoms with van der Waals surface area (Å²) in [6.45, 7) is 0.173. The number of nitrogens with one attached hydrogen (secondary N) is 2. The quantitative estimate of drug-likeness (QED) is 0.605. The number of aryl methyl sites for hydroxylation is 1. The Morgan fingerprint density at radius 1 is 1.06 bits per heavy atom. The van der Waals surface area contributed by atoms with E-state index in [0.717, 1.165) is 29.7 Å². The molecule has 1 fully saturated rings. The van der Waals surface area contributed by atoms with Gasteiger partial charge >= 0.3 is 6.03 Å². The Labute approximate surface area is 183 Å². The van der Waals surface area contributed by atoms with Crippen molar-refractivity contribution in [1.82, 2.24) is 10.2 Å². The third-order valence-corrected chi connectivity index (χ3v) is 6.91. The van der Waals surface area contributed by atoms with E-state index in [2.05, 4.69) is 10.6 Å². The van der Waals surface area contributed by atoms with E-state index in [1.807, 2.05) is 41.8 Å². The van der Waals surface area contributed by atoms with Crippen LogP contribution < -0.4 is 10.6 Å². The molecule has 1 saturated heterocycles. The molecule has 2 heterocycles. The lowest BCUT2D eigenvalue weighted by Gasteiger charge is -2.31. The molecule has 0 unspecified atom stereocenters. The van der Waals surface area contributed by atoms with E-state index in [0.29, 0.717) is 12.0 Å². The summed E-state index contributed by atoms with van der Waals surface area (Å²) in [5, 5.41) is 7.80. The summed E-state index contributed by atoms with van der Waals surface area (Å²) >= 11 is 1.64. The van der Waals surface area contributed by atoms with Crippen molar-refractivity contribution >= 4 is 34.9 Å². The standard InChI is InChI=1S/C24H21N3O3S/c28-21(25-18-5-2-1-3-6-18)17-10-8-16(9-11-17)15-27-22(29)24(26-23(27)30)13-4-7-20-19(24)12-14-31-20/h1-3,5-6,8-12,14H,4,7,13,15H2,(H,25,28)(H,26,30)/t24-/m1/s1. The summed E-state index contributed by atoms with van der Waals surface area (Å²) in [4.78, 5) is 40.9. The van der Waals surface area contributed by atoms with Crippen LogP contribution in [0.5, 0.6) is 0 Å². The van der Waals surface area contributed by atoms with Gasteiger partial charge in [-0.3, -0.25) is 14.5 Å². The number of carbonyl (C=O) groups excluding carboxylic acids is 3. The lowest BCUT2D eigenvalue weighted by Crippen LogP contribution is -2.46. The number of hydrogen-bond donors (Lipinski definition) is 2. The van der Waals surface area contributed by atoms with Gasteiger partial charge in [0.05, 0.1) is 6.54 Å². The molecule has 156 valence electrons. The summed E-state index contributed by atoms with van der Waals surface area (Å²) in [7, 11) is 0. The first-order valence-corrected chi connectivity index (χ1v) is 11.1. The van der Waals surface area contributed by atoms with Crippen molar-refractivity contribution in [3.05, 3.63) is 87.6 Å². The number of anilines is 1. The van der Waals surface area contributed by atoms with Gasteiger partial charge in [0.25, 0.3) is 11.8 Å². The van der Waals surface area contributed by atoms with Crippen LogP contribution in [0, 0.1) is 0 Å². The normalized spacial score (nSPS) is 19.9. The highest BCUT2D eigenvalue weighted by Crippen LogP contribution is 2.42. The third kappa shape index (κ3) is 3.41. The molecule has 6 nitrogen and oxygen atoms in total. The zero-order chi connectivity index (χ0) is 21.4. The van der Waals surface area contributed by atoms with Crippen LogP contribution in [0.15, 0.2) is 66.0 Å². The first-order chi connectivity index (χ1) is 15.1. The highest BCUT2D eigenvalue weighted by Gasteiger charge is 2.54. The minimum absolute atomic E-state index is 0.173. The van der Waals surface area contributed by atoms with E-state index < -0.39 is 5.54 Å². The number of carbonyl (C=O) groups is 3. The van der Waals surface area contributed by atoms with Gasteiger partial charge in [0.15, 0.2) is 0 Å². The van der Waals surface area contributed by atoms with Gasteiger partial charge in [-0.25, -0.2) is 4.79 Å². The van der Waals surface area contributed by atoms with Crippen molar-refractivity contribution in [2.45, 2.75) is 31.3 Å². The van der Waals surface area contributed by atoms with Gasteiger partial charge in [0.2, 0.25) is 0 Å². The van der Waals surface area contributed by atoms with E-state index >= 15 is 0 Å². The second kappa shape index (κ2) is 7.67. The molecule has 4 amide bonds. The number of thiophene rings is 1. The smallest absolute Gasteiger partial charge is 0.322 e. The fourth-order valence-corrected chi connectivity index (χ4v) is 5.35. The second-order valence-corrected chi connectivity index (χ2v) is 8.86. The van der Waals surface area contributed by atoms with E-state index in [-0.39, 0.29) is 24.4 Å². The molecule has 2 aliphatic rings. The van der Waals surface area contributed by atoms with Gasteiger partial charge in [-0.05, 0) is 60.5 Å². The SMILES string of the molecule is O=C(Nc1ccccc1)c1ccc(CN2C(=O)N[C@@]3(CCCc4sccc43)C2=O)cc1. The Balaban J connectivity index is 1.31. The number of para-hydroxylation sites is 1. The summed E-state index contributed by atoms with van der Waals surface area (Å²) in [5.74, 6) is -0.401. The highest BCUT2D eigenvalue weighted by atomic mass is 32.1. The minimum Gasteiger partial charge on any atom is -0.322 e. The molecule has 1 aromatic heterocycles. The fourth-order valence-electron chi connectivity index (χ4n) is 4.35. The number of rotatable bonds is 4. The maximum atomic E-state index is 13.3. The first kappa shape index (κ1) is 19.5. The van der Waals surface area contributed by atoms with Crippen molar-refractivity contribution in [1.29, 1.82) is 0 Å².